The largest absolute Gasteiger partial charge is 0.332 e. The lowest BCUT2D eigenvalue weighted by Crippen LogP contribution is -2.38. The van der Waals surface area contributed by atoms with Crippen molar-refractivity contribution in [2.45, 2.75) is 6.04 Å². The molecular formula is C10H10N6O4. The molecule has 2 aromatic rings. The summed E-state index contributed by atoms with van der Waals surface area (Å²) in [6.07, 6.45) is 1.20. The van der Waals surface area contributed by atoms with Crippen LogP contribution in [-0.4, -0.2) is 30.5 Å². The Bertz CT molecular complexity index is 856. The van der Waals surface area contributed by atoms with Crippen molar-refractivity contribution in [2.75, 3.05) is 0 Å². The molecule has 10 nitrogen and oxygen atoms in total. The fraction of sp³-hybridized carbons (Fsp3) is 0.300. The van der Waals surface area contributed by atoms with Crippen molar-refractivity contribution in [2.24, 2.45) is 14.1 Å². The lowest BCUT2D eigenvalue weighted by Gasteiger charge is -2.08. The number of aromatic nitrogens is 4. The van der Waals surface area contributed by atoms with Gasteiger partial charge in [-0.3, -0.25) is 34.4 Å². The minimum absolute atomic E-state index is 0.0202. The second-order valence-corrected chi connectivity index (χ2v) is 4.41. The zero-order chi connectivity index (χ0) is 14.6. The van der Waals surface area contributed by atoms with Gasteiger partial charge in [-0.2, -0.15) is 0 Å². The predicted molar refractivity (Wildman–Crippen MR) is 65.5 cm³/mol. The van der Waals surface area contributed by atoms with Crippen molar-refractivity contribution in [3.05, 3.63) is 27.2 Å². The molecule has 0 atom stereocenters. The van der Waals surface area contributed by atoms with E-state index in [2.05, 4.69) is 15.8 Å². The average Bonchev–Trinajstić information content (AvgIpc) is 2.98. The van der Waals surface area contributed by atoms with Crippen LogP contribution in [0.3, 0.4) is 0 Å². The first-order chi connectivity index (χ1) is 9.43. The highest BCUT2D eigenvalue weighted by Gasteiger charge is 2.36. The van der Waals surface area contributed by atoms with Crippen LogP contribution in [-0.2, 0) is 23.7 Å². The topological polar surface area (TPSA) is 120 Å². The number of imidazole rings is 1. The number of carbonyl (C=O) groups excluding carboxylic acids is 2. The molecule has 0 spiro atoms. The van der Waals surface area contributed by atoms with Gasteiger partial charge in [0.15, 0.2) is 17.2 Å². The first-order valence-electron chi connectivity index (χ1n) is 5.65. The van der Waals surface area contributed by atoms with Crippen molar-refractivity contribution in [1.82, 2.24) is 29.5 Å². The summed E-state index contributed by atoms with van der Waals surface area (Å²) in [5.41, 5.74) is 3.32. The monoisotopic (exact) mass is 278 g/mol. The summed E-state index contributed by atoms with van der Waals surface area (Å²) in [6, 6.07) is -1.22. The van der Waals surface area contributed by atoms with Gasteiger partial charge in [0.1, 0.15) is 0 Å². The van der Waals surface area contributed by atoms with Crippen molar-refractivity contribution >= 4 is 23.0 Å². The SMILES string of the molecule is Cn1c(=O)c2c(ncn2C2C(=O)NNC2=O)n(C)c1=O. The maximum Gasteiger partial charge on any atom is 0.332 e. The highest BCUT2D eigenvalue weighted by molar-refractivity contribution is 6.08. The lowest BCUT2D eigenvalue weighted by molar-refractivity contribution is -0.126. The molecule has 1 fully saturated rings. The van der Waals surface area contributed by atoms with E-state index in [9.17, 15) is 19.2 Å². The van der Waals surface area contributed by atoms with Gasteiger partial charge in [-0.05, 0) is 0 Å². The second-order valence-electron chi connectivity index (χ2n) is 4.41. The minimum atomic E-state index is -1.22. The third-order valence-corrected chi connectivity index (χ3v) is 3.26. The molecule has 0 aromatic carbocycles. The molecule has 2 amide bonds. The zero-order valence-corrected chi connectivity index (χ0v) is 10.6. The highest BCUT2D eigenvalue weighted by Crippen LogP contribution is 2.16. The van der Waals surface area contributed by atoms with E-state index >= 15 is 0 Å². The number of hydrazine groups is 1. The molecule has 0 bridgehead atoms. The van der Waals surface area contributed by atoms with E-state index in [0.717, 1.165) is 9.13 Å². The van der Waals surface area contributed by atoms with Crippen molar-refractivity contribution in [1.29, 1.82) is 0 Å². The Morgan fingerprint density at radius 3 is 2.25 bits per heavy atom. The van der Waals surface area contributed by atoms with Gasteiger partial charge in [0.2, 0.25) is 0 Å². The summed E-state index contributed by atoms with van der Waals surface area (Å²) in [5.74, 6) is -1.18. The van der Waals surface area contributed by atoms with E-state index < -0.39 is 29.1 Å². The Labute approximate surface area is 110 Å². The fourth-order valence-corrected chi connectivity index (χ4v) is 2.19. The number of nitrogens with one attached hydrogen (secondary N) is 2. The van der Waals surface area contributed by atoms with Crippen LogP contribution >= 0.6 is 0 Å². The van der Waals surface area contributed by atoms with Crippen LogP contribution < -0.4 is 22.1 Å². The number of aryl methyl sites for hydroxylation is 1. The minimum Gasteiger partial charge on any atom is -0.303 e. The van der Waals surface area contributed by atoms with Crippen LogP contribution in [0.4, 0.5) is 0 Å². The van der Waals surface area contributed by atoms with Gasteiger partial charge in [0.05, 0.1) is 6.33 Å². The van der Waals surface area contributed by atoms with E-state index in [1.807, 2.05) is 0 Å². The number of carbonyl (C=O) groups is 2. The predicted octanol–water partition coefficient (Wildman–Crippen LogP) is -2.86. The van der Waals surface area contributed by atoms with E-state index in [1.165, 1.54) is 25.0 Å². The van der Waals surface area contributed by atoms with Crippen molar-refractivity contribution in [3.63, 3.8) is 0 Å². The average molecular weight is 278 g/mol. The normalized spacial score (nSPS) is 15.7. The highest BCUT2D eigenvalue weighted by atomic mass is 16.2. The third-order valence-electron chi connectivity index (χ3n) is 3.26. The second kappa shape index (κ2) is 3.79. The molecule has 0 unspecified atom stereocenters. The third kappa shape index (κ3) is 1.35. The molecule has 1 aliphatic heterocycles. The van der Waals surface area contributed by atoms with E-state index in [0.29, 0.717) is 0 Å². The van der Waals surface area contributed by atoms with Gasteiger partial charge in [0, 0.05) is 14.1 Å². The van der Waals surface area contributed by atoms with Crippen LogP contribution in [0.2, 0.25) is 0 Å². The number of rotatable bonds is 1. The first-order valence-corrected chi connectivity index (χ1v) is 5.65. The number of hydrogen-bond donors (Lipinski definition) is 2. The van der Waals surface area contributed by atoms with E-state index in [-0.39, 0.29) is 11.2 Å². The summed E-state index contributed by atoms with van der Waals surface area (Å²) < 4.78 is 3.23. The lowest BCUT2D eigenvalue weighted by atomic mass is 10.3. The van der Waals surface area contributed by atoms with Crippen LogP contribution in [0.1, 0.15) is 6.04 Å². The summed E-state index contributed by atoms with van der Waals surface area (Å²) in [7, 11) is 2.77. The number of fused-ring (bicyclic) bond motifs is 1. The van der Waals surface area contributed by atoms with Gasteiger partial charge in [-0.25, -0.2) is 9.78 Å². The van der Waals surface area contributed by atoms with Gasteiger partial charge >= 0.3 is 5.69 Å². The molecule has 3 rings (SSSR count). The maximum absolute atomic E-state index is 12.2. The van der Waals surface area contributed by atoms with Gasteiger partial charge < -0.3 is 4.57 Å². The Morgan fingerprint density at radius 1 is 1.05 bits per heavy atom. The molecular weight excluding hydrogens is 268 g/mol. The Hall–Kier alpha value is -2.91. The van der Waals surface area contributed by atoms with E-state index in [1.54, 1.807) is 0 Å². The van der Waals surface area contributed by atoms with Crippen molar-refractivity contribution in [3.8, 4) is 0 Å². The quantitative estimate of drug-likeness (QED) is 0.543. The number of hydrogen-bond acceptors (Lipinski definition) is 5. The molecule has 0 aliphatic carbocycles. The summed E-state index contributed by atoms with van der Waals surface area (Å²) in [4.78, 5) is 51.2. The zero-order valence-electron chi connectivity index (χ0n) is 10.6. The van der Waals surface area contributed by atoms with Crippen LogP contribution in [0, 0.1) is 0 Å². The molecule has 20 heavy (non-hydrogen) atoms. The summed E-state index contributed by atoms with van der Waals surface area (Å²) in [6.45, 7) is 0. The summed E-state index contributed by atoms with van der Waals surface area (Å²) >= 11 is 0. The van der Waals surface area contributed by atoms with Gasteiger partial charge in [-0.1, -0.05) is 0 Å². The van der Waals surface area contributed by atoms with Gasteiger partial charge in [0.25, 0.3) is 17.4 Å². The molecule has 10 heteroatoms. The molecule has 1 aliphatic rings. The van der Waals surface area contributed by atoms with Crippen LogP contribution in [0.5, 0.6) is 0 Å². The van der Waals surface area contributed by atoms with Crippen molar-refractivity contribution < 1.29 is 9.59 Å². The first kappa shape index (κ1) is 12.1. The van der Waals surface area contributed by atoms with Crippen LogP contribution in [0.25, 0.3) is 11.2 Å². The Balaban J connectivity index is 2.41. The molecule has 2 aromatic heterocycles. The number of amides is 2. The Morgan fingerprint density at radius 2 is 1.65 bits per heavy atom. The van der Waals surface area contributed by atoms with Crippen LogP contribution in [0.15, 0.2) is 15.9 Å². The fourth-order valence-electron chi connectivity index (χ4n) is 2.19. The maximum atomic E-state index is 12.2. The molecule has 1 saturated heterocycles. The smallest absolute Gasteiger partial charge is 0.303 e. The molecule has 3 heterocycles. The molecule has 104 valence electrons. The summed E-state index contributed by atoms with van der Waals surface area (Å²) in [5, 5.41) is 0. The van der Waals surface area contributed by atoms with Gasteiger partial charge in [-0.15, -0.1) is 0 Å². The van der Waals surface area contributed by atoms with E-state index in [4.69, 9.17) is 0 Å². The standard InChI is InChI=1S/C10H10N6O4/c1-14-6-4(9(19)15(2)10(14)20)16(3-11-6)5-7(17)12-13-8(5)18/h3,5H,1-2H3,(H,12,17)(H,13,18). The molecule has 0 saturated carbocycles. The molecule has 2 N–H and O–H groups in total. The molecule has 0 radical (unpaired) electrons. The number of nitrogens with zero attached hydrogens (tertiary/aromatic N) is 4. The Kier molecular flexibility index (Phi) is 2.30.